The number of carbonyl (C=O) groups is 1. The Bertz CT molecular complexity index is 886. The van der Waals surface area contributed by atoms with Gasteiger partial charge in [-0.05, 0) is 12.5 Å². The molecule has 2 aromatic heterocycles. The van der Waals surface area contributed by atoms with E-state index in [1.807, 2.05) is 24.3 Å². The fourth-order valence-electron chi connectivity index (χ4n) is 3.07. The fourth-order valence-corrected chi connectivity index (χ4v) is 3.07. The molecular weight excluding hydrogens is 320 g/mol. The average molecular weight is 340 g/mol. The van der Waals surface area contributed by atoms with E-state index in [0.29, 0.717) is 31.2 Å². The molecule has 0 saturated carbocycles. The second-order valence-corrected chi connectivity index (χ2v) is 6.12. The van der Waals surface area contributed by atoms with E-state index < -0.39 is 0 Å². The SMILES string of the molecule is CCCc1nc([C@@H]2CN(C(=O)c3n[nH]c4ccccc34)CCO2)n[nH]1. The van der Waals surface area contributed by atoms with Gasteiger partial charge in [-0.3, -0.25) is 15.0 Å². The van der Waals surface area contributed by atoms with Crippen molar-refractivity contribution < 1.29 is 9.53 Å². The predicted molar refractivity (Wildman–Crippen MR) is 91.1 cm³/mol. The van der Waals surface area contributed by atoms with E-state index in [9.17, 15) is 4.79 Å². The molecule has 130 valence electrons. The fraction of sp³-hybridized carbons (Fsp3) is 0.412. The van der Waals surface area contributed by atoms with Crippen LogP contribution in [0.2, 0.25) is 0 Å². The van der Waals surface area contributed by atoms with Gasteiger partial charge in [-0.25, -0.2) is 4.98 Å². The Labute approximate surface area is 144 Å². The van der Waals surface area contributed by atoms with Crippen molar-refractivity contribution in [2.24, 2.45) is 0 Å². The molecule has 0 unspecified atom stereocenters. The quantitative estimate of drug-likeness (QED) is 0.755. The van der Waals surface area contributed by atoms with Crippen molar-refractivity contribution in [1.82, 2.24) is 30.3 Å². The highest BCUT2D eigenvalue weighted by Crippen LogP contribution is 2.23. The maximum atomic E-state index is 12.9. The summed E-state index contributed by atoms with van der Waals surface area (Å²) in [4.78, 5) is 19.1. The van der Waals surface area contributed by atoms with Gasteiger partial charge in [0.05, 0.1) is 18.7 Å². The minimum Gasteiger partial charge on any atom is -0.366 e. The number of nitrogens with one attached hydrogen (secondary N) is 2. The lowest BCUT2D eigenvalue weighted by Gasteiger charge is -2.31. The monoisotopic (exact) mass is 340 g/mol. The van der Waals surface area contributed by atoms with E-state index in [1.54, 1.807) is 4.90 Å². The predicted octanol–water partition coefficient (Wildman–Crippen LogP) is 1.85. The highest BCUT2D eigenvalue weighted by Gasteiger charge is 2.30. The number of carbonyl (C=O) groups excluding carboxylic acids is 1. The number of nitrogens with zero attached hydrogens (tertiary/aromatic N) is 4. The van der Waals surface area contributed by atoms with Gasteiger partial charge in [-0.15, -0.1) is 0 Å². The number of aryl methyl sites for hydroxylation is 1. The molecule has 3 heterocycles. The van der Waals surface area contributed by atoms with Crippen LogP contribution in [0.1, 0.15) is 41.6 Å². The maximum absolute atomic E-state index is 12.9. The number of H-pyrrole nitrogens is 2. The van der Waals surface area contributed by atoms with Crippen LogP contribution in [-0.2, 0) is 11.2 Å². The normalized spacial score (nSPS) is 18.0. The maximum Gasteiger partial charge on any atom is 0.275 e. The number of amides is 1. The molecule has 3 aromatic rings. The van der Waals surface area contributed by atoms with Crippen molar-refractivity contribution in [2.75, 3.05) is 19.7 Å². The number of fused-ring (bicyclic) bond motifs is 1. The van der Waals surface area contributed by atoms with Crippen molar-refractivity contribution in [1.29, 1.82) is 0 Å². The third-order valence-corrected chi connectivity index (χ3v) is 4.35. The second kappa shape index (κ2) is 6.64. The third kappa shape index (κ3) is 3.00. The summed E-state index contributed by atoms with van der Waals surface area (Å²) in [7, 11) is 0. The van der Waals surface area contributed by atoms with Crippen LogP contribution in [0.25, 0.3) is 10.9 Å². The zero-order chi connectivity index (χ0) is 17.2. The Hall–Kier alpha value is -2.74. The highest BCUT2D eigenvalue weighted by atomic mass is 16.5. The van der Waals surface area contributed by atoms with Gasteiger partial charge < -0.3 is 9.64 Å². The molecule has 0 spiro atoms. The zero-order valence-corrected chi connectivity index (χ0v) is 14.0. The molecule has 1 saturated heterocycles. The van der Waals surface area contributed by atoms with E-state index in [-0.39, 0.29) is 12.0 Å². The second-order valence-electron chi connectivity index (χ2n) is 6.12. The first-order chi connectivity index (χ1) is 12.3. The summed E-state index contributed by atoms with van der Waals surface area (Å²) >= 11 is 0. The summed E-state index contributed by atoms with van der Waals surface area (Å²) in [6, 6.07) is 7.62. The number of rotatable bonds is 4. The summed E-state index contributed by atoms with van der Waals surface area (Å²) in [6.07, 6.45) is 1.53. The summed E-state index contributed by atoms with van der Waals surface area (Å²) in [5.74, 6) is 1.35. The van der Waals surface area contributed by atoms with Crippen molar-refractivity contribution in [2.45, 2.75) is 25.9 Å². The minimum absolute atomic E-state index is 0.102. The first-order valence-corrected chi connectivity index (χ1v) is 8.51. The molecule has 1 aliphatic heterocycles. The van der Waals surface area contributed by atoms with Gasteiger partial charge in [0.2, 0.25) is 0 Å². The van der Waals surface area contributed by atoms with E-state index in [1.165, 1.54) is 0 Å². The largest absolute Gasteiger partial charge is 0.366 e. The molecule has 4 rings (SSSR count). The van der Waals surface area contributed by atoms with Crippen LogP contribution in [0.4, 0.5) is 0 Å². The van der Waals surface area contributed by atoms with Gasteiger partial charge >= 0.3 is 0 Å². The van der Waals surface area contributed by atoms with Crippen molar-refractivity contribution in [3.8, 4) is 0 Å². The molecule has 1 aromatic carbocycles. The summed E-state index contributed by atoms with van der Waals surface area (Å²) in [5, 5.41) is 15.1. The number of benzene rings is 1. The molecule has 1 fully saturated rings. The molecule has 0 aliphatic carbocycles. The minimum atomic E-state index is -0.315. The van der Waals surface area contributed by atoms with Gasteiger partial charge in [0.1, 0.15) is 11.9 Å². The Balaban J connectivity index is 1.53. The molecular formula is C17H20N6O2. The molecule has 2 N–H and O–H groups in total. The molecule has 8 heteroatoms. The van der Waals surface area contributed by atoms with Crippen molar-refractivity contribution in [3.63, 3.8) is 0 Å². The number of para-hydroxylation sites is 1. The van der Waals surface area contributed by atoms with Crippen LogP contribution in [0, 0.1) is 0 Å². The third-order valence-electron chi connectivity index (χ3n) is 4.35. The van der Waals surface area contributed by atoms with Crippen molar-refractivity contribution >= 4 is 16.8 Å². The van der Waals surface area contributed by atoms with E-state index >= 15 is 0 Å². The van der Waals surface area contributed by atoms with Crippen LogP contribution >= 0.6 is 0 Å². The lowest BCUT2D eigenvalue weighted by Crippen LogP contribution is -2.42. The van der Waals surface area contributed by atoms with Crippen LogP contribution in [0.3, 0.4) is 0 Å². The molecule has 25 heavy (non-hydrogen) atoms. The topological polar surface area (TPSA) is 99.8 Å². The van der Waals surface area contributed by atoms with Crippen LogP contribution in [0.15, 0.2) is 24.3 Å². The van der Waals surface area contributed by atoms with Crippen LogP contribution < -0.4 is 0 Å². The number of ether oxygens (including phenoxy) is 1. The standard InChI is InChI=1S/C17H20N6O2/c1-2-5-14-18-16(22-20-14)13-10-23(8-9-25-13)17(24)15-11-6-3-4-7-12(11)19-21-15/h3-4,6-7,13H,2,5,8-10H2,1H3,(H,19,21)(H,18,20,22)/t13-/m0/s1. The highest BCUT2D eigenvalue weighted by molar-refractivity contribution is 6.04. The molecule has 8 nitrogen and oxygen atoms in total. The number of aromatic amines is 2. The summed E-state index contributed by atoms with van der Waals surface area (Å²) in [6.45, 7) is 3.50. The van der Waals surface area contributed by atoms with Gasteiger partial charge in [-0.1, -0.05) is 25.1 Å². The van der Waals surface area contributed by atoms with Gasteiger partial charge in [-0.2, -0.15) is 10.2 Å². The lowest BCUT2D eigenvalue weighted by molar-refractivity contribution is -0.0268. The Morgan fingerprint density at radius 3 is 3.08 bits per heavy atom. The van der Waals surface area contributed by atoms with E-state index in [2.05, 4.69) is 32.3 Å². The first-order valence-electron chi connectivity index (χ1n) is 8.51. The molecule has 0 bridgehead atoms. The number of morpholine rings is 1. The van der Waals surface area contributed by atoms with Crippen LogP contribution in [0.5, 0.6) is 0 Å². The van der Waals surface area contributed by atoms with E-state index in [4.69, 9.17) is 4.74 Å². The number of aromatic nitrogens is 5. The first kappa shape index (κ1) is 15.8. The van der Waals surface area contributed by atoms with E-state index in [0.717, 1.165) is 29.6 Å². The molecule has 1 aliphatic rings. The zero-order valence-electron chi connectivity index (χ0n) is 14.0. The average Bonchev–Trinajstić information content (AvgIpc) is 3.29. The lowest BCUT2D eigenvalue weighted by atomic mass is 10.1. The van der Waals surface area contributed by atoms with Gasteiger partial charge in [0.15, 0.2) is 11.5 Å². The molecule has 1 atom stereocenters. The molecule has 0 radical (unpaired) electrons. The smallest absolute Gasteiger partial charge is 0.275 e. The number of hydrogen-bond acceptors (Lipinski definition) is 5. The Kier molecular flexibility index (Phi) is 4.19. The Morgan fingerprint density at radius 1 is 1.32 bits per heavy atom. The van der Waals surface area contributed by atoms with Gasteiger partial charge in [0, 0.05) is 18.4 Å². The van der Waals surface area contributed by atoms with Gasteiger partial charge in [0.25, 0.3) is 5.91 Å². The Morgan fingerprint density at radius 2 is 2.20 bits per heavy atom. The van der Waals surface area contributed by atoms with Crippen LogP contribution in [-0.4, -0.2) is 55.9 Å². The van der Waals surface area contributed by atoms with Crippen molar-refractivity contribution in [3.05, 3.63) is 41.6 Å². The summed E-state index contributed by atoms with van der Waals surface area (Å²) < 4.78 is 5.77. The molecule has 1 amide bonds. The summed E-state index contributed by atoms with van der Waals surface area (Å²) in [5.41, 5.74) is 1.30. The number of hydrogen-bond donors (Lipinski definition) is 2.